The number of nitrogens with zero attached hydrogens (tertiary/aromatic N) is 1. The van der Waals surface area contributed by atoms with E-state index in [-0.39, 0.29) is 25.3 Å². The molecule has 0 spiro atoms. The molecule has 0 aliphatic carbocycles. The van der Waals surface area contributed by atoms with Crippen LogP contribution < -0.4 is 5.73 Å². The van der Waals surface area contributed by atoms with Crippen LogP contribution in [0.5, 0.6) is 0 Å². The molecule has 3 N–H and O–H groups in total. The minimum Gasteiger partial charge on any atom is -0.378 e. The molecule has 5 nitrogen and oxygen atoms in total. The summed E-state index contributed by atoms with van der Waals surface area (Å²) in [6.07, 6.45) is -3.91. The van der Waals surface area contributed by atoms with Crippen LogP contribution in [0, 0.1) is 0 Å². The number of rotatable bonds is 3. The number of primary amides is 1. The molecule has 1 aromatic rings. The first-order valence-electron chi connectivity index (χ1n) is 7.08. The second-order valence-electron chi connectivity index (χ2n) is 5.69. The topological polar surface area (TPSA) is 83.6 Å². The van der Waals surface area contributed by atoms with Crippen LogP contribution in [0.3, 0.4) is 0 Å². The molecule has 1 saturated heterocycles. The van der Waals surface area contributed by atoms with Crippen molar-refractivity contribution in [2.75, 3.05) is 13.1 Å². The molecule has 8 heteroatoms. The Kier molecular flexibility index (Phi) is 4.65. The van der Waals surface area contributed by atoms with Crippen molar-refractivity contribution in [3.8, 4) is 0 Å². The van der Waals surface area contributed by atoms with Crippen LogP contribution in [0.15, 0.2) is 24.3 Å². The Morgan fingerprint density at radius 1 is 1.26 bits per heavy atom. The first kappa shape index (κ1) is 17.3. The predicted molar refractivity (Wildman–Crippen MR) is 75.1 cm³/mol. The van der Waals surface area contributed by atoms with Gasteiger partial charge in [0.2, 0.25) is 5.91 Å². The van der Waals surface area contributed by atoms with E-state index in [4.69, 9.17) is 5.73 Å². The molecule has 1 heterocycles. The molecule has 1 unspecified atom stereocenters. The molecule has 2 amide bonds. The number of piperidine rings is 1. The smallest absolute Gasteiger partial charge is 0.378 e. The zero-order chi connectivity index (χ0) is 17.3. The number of hydrogen-bond acceptors (Lipinski definition) is 3. The molecular weight excluding hydrogens is 313 g/mol. The van der Waals surface area contributed by atoms with Gasteiger partial charge in [0.05, 0.1) is 18.5 Å². The van der Waals surface area contributed by atoms with Crippen molar-refractivity contribution in [3.63, 3.8) is 0 Å². The fourth-order valence-corrected chi connectivity index (χ4v) is 2.55. The maximum absolute atomic E-state index is 12.5. The SMILES string of the molecule is NC(=O)C1(O)CCCN(C(=O)Cc2ccc(C(F)(F)F)cc2)C1. The highest BCUT2D eigenvalue weighted by atomic mass is 19.4. The first-order valence-corrected chi connectivity index (χ1v) is 7.08. The summed E-state index contributed by atoms with van der Waals surface area (Å²) in [6, 6.07) is 4.31. The van der Waals surface area contributed by atoms with Gasteiger partial charge in [-0.3, -0.25) is 9.59 Å². The van der Waals surface area contributed by atoms with Crippen molar-refractivity contribution in [3.05, 3.63) is 35.4 Å². The lowest BCUT2D eigenvalue weighted by Crippen LogP contribution is -2.57. The van der Waals surface area contributed by atoms with Crippen molar-refractivity contribution >= 4 is 11.8 Å². The average Bonchev–Trinajstić information content (AvgIpc) is 2.46. The van der Waals surface area contributed by atoms with Crippen LogP contribution in [-0.4, -0.2) is 40.5 Å². The molecule has 1 aliphatic heterocycles. The number of halogens is 3. The lowest BCUT2D eigenvalue weighted by atomic mass is 9.92. The highest BCUT2D eigenvalue weighted by molar-refractivity contribution is 5.85. The molecule has 0 saturated carbocycles. The number of carbonyl (C=O) groups is 2. The van der Waals surface area contributed by atoms with Crippen LogP contribution in [-0.2, 0) is 22.2 Å². The Morgan fingerprint density at radius 3 is 2.39 bits per heavy atom. The number of likely N-dealkylation sites (tertiary alicyclic amines) is 1. The van der Waals surface area contributed by atoms with Gasteiger partial charge in [-0.25, -0.2) is 0 Å². The number of hydrogen-bond donors (Lipinski definition) is 2. The van der Waals surface area contributed by atoms with Crippen molar-refractivity contribution in [2.45, 2.75) is 31.0 Å². The van der Waals surface area contributed by atoms with E-state index < -0.39 is 23.2 Å². The highest BCUT2D eigenvalue weighted by Crippen LogP contribution is 2.29. The molecular formula is C15H17F3N2O3. The number of alkyl halides is 3. The zero-order valence-electron chi connectivity index (χ0n) is 12.3. The summed E-state index contributed by atoms with van der Waals surface area (Å²) in [4.78, 5) is 24.8. The number of nitrogens with two attached hydrogens (primary N) is 1. The minimum absolute atomic E-state index is 0.104. The lowest BCUT2D eigenvalue weighted by molar-refractivity contribution is -0.148. The summed E-state index contributed by atoms with van der Waals surface area (Å²) >= 11 is 0. The van der Waals surface area contributed by atoms with Crippen molar-refractivity contribution in [1.29, 1.82) is 0 Å². The summed E-state index contributed by atoms with van der Waals surface area (Å²) in [5.41, 5.74) is 3.04. The Balaban J connectivity index is 2.03. The molecule has 0 radical (unpaired) electrons. The summed E-state index contributed by atoms with van der Waals surface area (Å²) in [5.74, 6) is -1.26. The largest absolute Gasteiger partial charge is 0.416 e. The van der Waals surface area contributed by atoms with Crippen molar-refractivity contribution in [1.82, 2.24) is 4.90 Å². The standard InChI is InChI=1S/C15H17F3N2O3/c16-15(17,18)11-4-2-10(3-5-11)8-12(21)20-7-1-6-14(23,9-20)13(19)22/h2-5,23H,1,6-9H2,(H2,19,22). The van der Waals surface area contributed by atoms with Gasteiger partial charge in [-0.1, -0.05) is 12.1 Å². The maximum Gasteiger partial charge on any atom is 0.416 e. The van der Waals surface area contributed by atoms with Crippen LogP contribution in [0.4, 0.5) is 13.2 Å². The van der Waals surface area contributed by atoms with Gasteiger partial charge in [-0.05, 0) is 30.5 Å². The van der Waals surface area contributed by atoms with Gasteiger partial charge in [-0.15, -0.1) is 0 Å². The Bertz CT molecular complexity index is 601. The normalized spacial score (nSPS) is 22.0. The van der Waals surface area contributed by atoms with Crippen LogP contribution in [0.2, 0.25) is 0 Å². The van der Waals surface area contributed by atoms with Gasteiger partial charge in [0.25, 0.3) is 5.91 Å². The number of β-amino-alcohol motifs (C(OH)–C–C–N with tert-alkyl or cyclic N) is 1. The lowest BCUT2D eigenvalue weighted by Gasteiger charge is -2.37. The van der Waals surface area contributed by atoms with Gasteiger partial charge in [0.15, 0.2) is 5.60 Å². The molecule has 23 heavy (non-hydrogen) atoms. The van der Waals surface area contributed by atoms with E-state index in [0.717, 1.165) is 12.1 Å². The minimum atomic E-state index is -4.42. The van der Waals surface area contributed by atoms with Crippen LogP contribution in [0.25, 0.3) is 0 Å². The van der Waals surface area contributed by atoms with E-state index in [9.17, 15) is 27.9 Å². The average molecular weight is 330 g/mol. The molecule has 0 aromatic heterocycles. The number of aliphatic hydroxyl groups is 1. The van der Waals surface area contributed by atoms with Gasteiger partial charge in [0, 0.05) is 6.54 Å². The number of amides is 2. The van der Waals surface area contributed by atoms with E-state index in [0.29, 0.717) is 18.5 Å². The maximum atomic E-state index is 12.5. The second kappa shape index (κ2) is 6.19. The zero-order valence-corrected chi connectivity index (χ0v) is 12.3. The summed E-state index contributed by atoms with van der Waals surface area (Å²) in [7, 11) is 0. The first-order chi connectivity index (χ1) is 10.6. The van der Waals surface area contributed by atoms with Gasteiger partial charge in [-0.2, -0.15) is 13.2 Å². The third-order valence-electron chi connectivity index (χ3n) is 3.92. The summed E-state index contributed by atoms with van der Waals surface area (Å²) < 4.78 is 37.5. The quantitative estimate of drug-likeness (QED) is 0.870. The molecule has 1 aromatic carbocycles. The third-order valence-corrected chi connectivity index (χ3v) is 3.92. The van der Waals surface area contributed by atoms with E-state index in [1.807, 2.05) is 0 Å². The molecule has 1 fully saturated rings. The molecule has 0 bridgehead atoms. The second-order valence-corrected chi connectivity index (χ2v) is 5.69. The Hall–Kier alpha value is -2.09. The van der Waals surface area contributed by atoms with E-state index >= 15 is 0 Å². The van der Waals surface area contributed by atoms with Crippen molar-refractivity contribution in [2.24, 2.45) is 5.73 Å². The predicted octanol–water partition coefficient (Wildman–Crippen LogP) is 1.09. The van der Waals surface area contributed by atoms with E-state index in [2.05, 4.69) is 0 Å². The van der Waals surface area contributed by atoms with Gasteiger partial charge in [0.1, 0.15) is 0 Å². The van der Waals surface area contributed by atoms with Crippen LogP contribution >= 0.6 is 0 Å². The van der Waals surface area contributed by atoms with Crippen molar-refractivity contribution < 1.29 is 27.9 Å². The summed E-state index contributed by atoms with van der Waals surface area (Å²) in [6.45, 7) is 0.177. The van der Waals surface area contributed by atoms with E-state index in [1.54, 1.807) is 0 Å². The van der Waals surface area contributed by atoms with Gasteiger partial charge < -0.3 is 15.7 Å². The Labute approximate surface area is 130 Å². The molecule has 2 rings (SSSR count). The number of carbonyl (C=O) groups excluding carboxylic acids is 2. The van der Waals surface area contributed by atoms with Gasteiger partial charge >= 0.3 is 6.18 Å². The highest BCUT2D eigenvalue weighted by Gasteiger charge is 2.40. The molecule has 1 atom stereocenters. The fraction of sp³-hybridized carbons (Fsp3) is 0.467. The third kappa shape index (κ3) is 4.01. The molecule has 1 aliphatic rings. The monoisotopic (exact) mass is 330 g/mol. The fourth-order valence-electron chi connectivity index (χ4n) is 2.55. The van der Waals surface area contributed by atoms with Crippen LogP contribution in [0.1, 0.15) is 24.0 Å². The Morgan fingerprint density at radius 2 is 1.87 bits per heavy atom. The van der Waals surface area contributed by atoms with E-state index in [1.165, 1.54) is 17.0 Å². The molecule has 126 valence electrons. The summed E-state index contributed by atoms with van der Waals surface area (Å²) in [5, 5.41) is 10.1. The number of benzene rings is 1.